The van der Waals surface area contributed by atoms with Gasteiger partial charge in [0.1, 0.15) is 0 Å². The molecule has 2 rings (SSSR count). The average molecular weight is 331 g/mol. The average Bonchev–Trinajstić information content (AvgIpc) is 2.56. The molecule has 0 spiro atoms. The third kappa shape index (κ3) is 2.72. The Hall–Kier alpha value is -0.540. The van der Waals surface area contributed by atoms with Gasteiger partial charge in [0.25, 0.3) is 0 Å². The molecule has 1 heterocycles. The number of nitrogens with zero attached hydrogens (tertiary/aromatic N) is 1. The molecular formula is C14H17BrClNO. The van der Waals surface area contributed by atoms with E-state index in [4.69, 9.17) is 11.6 Å². The van der Waals surface area contributed by atoms with Crippen LogP contribution >= 0.6 is 27.5 Å². The van der Waals surface area contributed by atoms with E-state index in [9.17, 15) is 4.79 Å². The van der Waals surface area contributed by atoms with Crippen LogP contribution in [-0.2, 0) is 10.2 Å². The molecule has 0 aliphatic carbocycles. The fourth-order valence-electron chi connectivity index (χ4n) is 2.09. The summed E-state index contributed by atoms with van der Waals surface area (Å²) in [5, 5.41) is -0.0771. The van der Waals surface area contributed by atoms with Crippen LogP contribution in [0, 0.1) is 0 Å². The predicted octanol–water partition coefficient (Wildman–Crippen LogP) is 4.09. The number of hydrogen-bond donors (Lipinski definition) is 0. The topological polar surface area (TPSA) is 20.3 Å². The van der Waals surface area contributed by atoms with Crippen LogP contribution in [0.2, 0.25) is 0 Å². The Kier molecular flexibility index (Phi) is 3.75. The van der Waals surface area contributed by atoms with Crippen molar-refractivity contribution in [3.05, 3.63) is 28.2 Å². The third-order valence-corrected chi connectivity index (χ3v) is 4.11. The first kappa shape index (κ1) is 13.9. The van der Waals surface area contributed by atoms with Gasteiger partial charge < -0.3 is 4.90 Å². The molecule has 18 heavy (non-hydrogen) atoms. The number of rotatable bonds is 1. The van der Waals surface area contributed by atoms with Crippen LogP contribution < -0.4 is 4.90 Å². The Morgan fingerprint density at radius 2 is 2.06 bits per heavy atom. The zero-order valence-corrected chi connectivity index (χ0v) is 13.2. The monoisotopic (exact) mass is 329 g/mol. The van der Waals surface area contributed by atoms with Gasteiger partial charge in [0, 0.05) is 17.4 Å². The van der Waals surface area contributed by atoms with Gasteiger partial charge in [-0.1, -0.05) is 26.8 Å². The summed E-state index contributed by atoms with van der Waals surface area (Å²) in [6.45, 7) is 7.10. The van der Waals surface area contributed by atoms with Crippen molar-refractivity contribution in [2.75, 3.05) is 11.4 Å². The van der Waals surface area contributed by atoms with Crippen LogP contribution in [-0.4, -0.2) is 17.8 Å². The van der Waals surface area contributed by atoms with Gasteiger partial charge in [0.15, 0.2) is 0 Å². The summed E-state index contributed by atoms with van der Waals surface area (Å²) < 4.78 is 0.953. The zero-order valence-electron chi connectivity index (χ0n) is 10.8. The molecule has 2 nitrogen and oxygen atoms in total. The Labute approximate surface area is 121 Å². The highest BCUT2D eigenvalue weighted by Gasteiger charge is 2.30. The Balaban J connectivity index is 2.34. The summed E-state index contributed by atoms with van der Waals surface area (Å²) in [5.41, 5.74) is 2.26. The number of carbonyl (C=O) groups is 1. The van der Waals surface area contributed by atoms with Crippen molar-refractivity contribution < 1.29 is 4.79 Å². The molecule has 0 radical (unpaired) electrons. The first-order valence-corrected chi connectivity index (χ1v) is 7.26. The number of amides is 1. The van der Waals surface area contributed by atoms with Crippen molar-refractivity contribution in [2.45, 2.75) is 38.0 Å². The van der Waals surface area contributed by atoms with Gasteiger partial charge in [0.2, 0.25) is 5.91 Å². The molecule has 1 aromatic rings. The van der Waals surface area contributed by atoms with Crippen LogP contribution in [0.1, 0.15) is 32.8 Å². The summed E-state index contributed by atoms with van der Waals surface area (Å²) in [5.74, 6) is 0.0965. The van der Waals surface area contributed by atoms with E-state index in [1.807, 2.05) is 6.07 Å². The van der Waals surface area contributed by atoms with Crippen molar-refractivity contribution in [2.24, 2.45) is 0 Å². The van der Waals surface area contributed by atoms with E-state index in [1.165, 1.54) is 5.56 Å². The van der Waals surface area contributed by atoms with Crippen molar-refractivity contribution in [1.29, 1.82) is 0 Å². The summed E-state index contributed by atoms with van der Waals surface area (Å²) in [6.07, 6.45) is 0.426. The molecule has 1 fully saturated rings. The van der Waals surface area contributed by atoms with Crippen molar-refractivity contribution >= 4 is 39.1 Å². The minimum Gasteiger partial charge on any atom is -0.310 e. The quantitative estimate of drug-likeness (QED) is 0.710. The smallest absolute Gasteiger partial charge is 0.228 e. The maximum atomic E-state index is 11.8. The van der Waals surface area contributed by atoms with Gasteiger partial charge in [-0.25, -0.2) is 0 Å². The zero-order chi connectivity index (χ0) is 13.5. The SMILES string of the molecule is CC(C)(C)c1ccc(N2CC(Cl)CC2=O)c(Br)c1. The highest BCUT2D eigenvalue weighted by Crippen LogP contribution is 2.34. The summed E-state index contributed by atoms with van der Waals surface area (Å²) >= 11 is 9.59. The molecule has 1 unspecified atom stereocenters. The van der Waals surface area contributed by atoms with E-state index >= 15 is 0 Å². The van der Waals surface area contributed by atoms with E-state index in [1.54, 1.807) is 4.90 Å². The maximum absolute atomic E-state index is 11.8. The largest absolute Gasteiger partial charge is 0.310 e. The standard InChI is InChI=1S/C14H17BrClNO/c1-14(2,3)9-4-5-12(11(15)6-9)17-8-10(16)7-13(17)18/h4-6,10H,7-8H2,1-3H3. The number of halogens is 2. The lowest BCUT2D eigenvalue weighted by atomic mass is 9.87. The number of alkyl halides is 1. The normalized spacial score (nSPS) is 20.6. The second-order valence-corrected chi connectivity index (χ2v) is 7.19. The van der Waals surface area contributed by atoms with Gasteiger partial charge in [-0.3, -0.25) is 4.79 Å². The minimum atomic E-state index is -0.0771. The highest BCUT2D eigenvalue weighted by molar-refractivity contribution is 9.10. The van der Waals surface area contributed by atoms with Crippen molar-refractivity contribution in [1.82, 2.24) is 0 Å². The molecule has 4 heteroatoms. The molecule has 1 aromatic carbocycles. The van der Waals surface area contributed by atoms with Crippen LogP contribution in [0.15, 0.2) is 22.7 Å². The lowest BCUT2D eigenvalue weighted by molar-refractivity contribution is -0.117. The van der Waals surface area contributed by atoms with E-state index in [2.05, 4.69) is 48.8 Å². The fourth-order valence-corrected chi connectivity index (χ4v) is 2.95. The van der Waals surface area contributed by atoms with E-state index in [0.29, 0.717) is 13.0 Å². The molecule has 98 valence electrons. The molecule has 0 N–H and O–H groups in total. The molecule has 0 aromatic heterocycles. The van der Waals surface area contributed by atoms with Crippen molar-refractivity contribution in [3.8, 4) is 0 Å². The van der Waals surface area contributed by atoms with Gasteiger partial charge in [-0.2, -0.15) is 0 Å². The molecule has 1 atom stereocenters. The van der Waals surface area contributed by atoms with Crippen LogP contribution in [0.25, 0.3) is 0 Å². The second-order valence-electron chi connectivity index (χ2n) is 5.72. The minimum absolute atomic E-state index is 0.0771. The number of carbonyl (C=O) groups excluding carboxylic acids is 1. The van der Waals surface area contributed by atoms with Crippen LogP contribution in [0.5, 0.6) is 0 Å². The first-order valence-electron chi connectivity index (χ1n) is 6.03. The molecule has 1 amide bonds. The van der Waals surface area contributed by atoms with E-state index in [0.717, 1.165) is 10.2 Å². The molecule has 1 aliphatic rings. The predicted molar refractivity (Wildman–Crippen MR) is 79.5 cm³/mol. The Bertz CT molecular complexity index is 481. The summed E-state index contributed by atoms with van der Waals surface area (Å²) in [7, 11) is 0. The van der Waals surface area contributed by atoms with E-state index < -0.39 is 0 Å². The number of anilines is 1. The fraction of sp³-hybridized carbons (Fsp3) is 0.500. The molecule has 1 aliphatic heterocycles. The highest BCUT2D eigenvalue weighted by atomic mass is 79.9. The van der Waals surface area contributed by atoms with Crippen molar-refractivity contribution in [3.63, 3.8) is 0 Å². The third-order valence-electron chi connectivity index (χ3n) is 3.18. The summed E-state index contributed by atoms with van der Waals surface area (Å²) in [6, 6.07) is 6.16. The molecule has 0 saturated carbocycles. The number of hydrogen-bond acceptors (Lipinski definition) is 1. The number of benzene rings is 1. The molecular weight excluding hydrogens is 314 g/mol. The van der Waals surface area contributed by atoms with Gasteiger partial charge in [-0.15, -0.1) is 11.6 Å². The first-order chi connectivity index (χ1) is 8.29. The maximum Gasteiger partial charge on any atom is 0.228 e. The second kappa shape index (κ2) is 4.86. The van der Waals surface area contributed by atoms with Gasteiger partial charge >= 0.3 is 0 Å². The van der Waals surface area contributed by atoms with E-state index in [-0.39, 0.29) is 16.7 Å². The molecule has 1 saturated heterocycles. The van der Waals surface area contributed by atoms with Gasteiger partial charge in [0.05, 0.1) is 11.1 Å². The van der Waals surface area contributed by atoms with Gasteiger partial charge in [-0.05, 0) is 39.0 Å². The van der Waals surface area contributed by atoms with Crippen LogP contribution in [0.3, 0.4) is 0 Å². The summed E-state index contributed by atoms with van der Waals surface area (Å²) in [4.78, 5) is 13.6. The lowest BCUT2D eigenvalue weighted by Gasteiger charge is -2.23. The molecule has 0 bridgehead atoms. The Morgan fingerprint density at radius 3 is 2.50 bits per heavy atom. The lowest BCUT2D eigenvalue weighted by Crippen LogP contribution is -2.25. The van der Waals surface area contributed by atoms with Crippen LogP contribution in [0.4, 0.5) is 5.69 Å². The Morgan fingerprint density at radius 1 is 1.39 bits per heavy atom.